The van der Waals surface area contributed by atoms with Gasteiger partial charge < -0.3 is 35.0 Å². The highest BCUT2D eigenvalue weighted by Gasteiger charge is 2.33. The quantitative estimate of drug-likeness (QED) is 0.241. The molecule has 256 valence electrons. The Bertz CT molecular complexity index is 1500. The molecule has 4 atom stereocenters. The number of carboxylic acids is 1. The number of anilines is 2. The average Bonchev–Trinajstić information content (AvgIpc) is 3.50. The van der Waals surface area contributed by atoms with Gasteiger partial charge in [0.1, 0.15) is 11.9 Å². The Balaban J connectivity index is 0.000000239. The third-order valence-electron chi connectivity index (χ3n) is 9.82. The lowest BCUT2D eigenvalue weighted by molar-refractivity contribution is -0.140. The van der Waals surface area contributed by atoms with Crippen molar-refractivity contribution in [3.63, 3.8) is 0 Å². The predicted octanol–water partition coefficient (Wildman–Crippen LogP) is 5.62. The van der Waals surface area contributed by atoms with Gasteiger partial charge in [0.25, 0.3) is 0 Å². The number of halogens is 1. The summed E-state index contributed by atoms with van der Waals surface area (Å²) in [6, 6.07) is 25.3. The Morgan fingerprint density at radius 1 is 0.812 bits per heavy atom. The summed E-state index contributed by atoms with van der Waals surface area (Å²) in [5, 5.41) is 23.9. The smallest absolute Gasteiger partial charge is 0.308 e. The van der Waals surface area contributed by atoms with Gasteiger partial charge >= 0.3 is 5.97 Å². The molecule has 3 aromatic rings. The van der Waals surface area contributed by atoms with Gasteiger partial charge in [0.2, 0.25) is 5.91 Å². The molecule has 1 saturated carbocycles. The summed E-state index contributed by atoms with van der Waals surface area (Å²) in [5.74, 6) is -0.293. The van der Waals surface area contributed by atoms with Crippen molar-refractivity contribution in [2.45, 2.75) is 56.8 Å². The van der Waals surface area contributed by atoms with Crippen LogP contribution in [-0.2, 0) is 9.59 Å². The van der Waals surface area contributed by atoms with Crippen molar-refractivity contribution in [2.75, 3.05) is 55.6 Å². The first kappa shape index (κ1) is 34.1. The zero-order valence-corrected chi connectivity index (χ0v) is 28.2. The molecule has 4 aliphatic rings. The molecule has 4 fully saturated rings. The number of carbonyl (C=O) groups is 2. The molecular weight excluding hydrogens is 628 g/mol. The number of ether oxygens (including phenoxy) is 1. The Morgan fingerprint density at radius 2 is 1.40 bits per heavy atom. The number of carbonyl (C=O) groups excluding carboxylic acids is 1. The lowest BCUT2D eigenvalue weighted by Crippen LogP contribution is -2.48. The van der Waals surface area contributed by atoms with Crippen LogP contribution >= 0.6 is 11.6 Å². The number of carboxylic acid groups (broad SMARTS) is 1. The first-order valence-electron chi connectivity index (χ1n) is 17.3. The molecule has 3 aromatic carbocycles. The van der Waals surface area contributed by atoms with Crippen molar-refractivity contribution in [1.29, 1.82) is 0 Å². The summed E-state index contributed by atoms with van der Waals surface area (Å²) in [4.78, 5) is 30.7. The standard InChI is InChI=1S/C27H34ClN3O3.C11H13NO2/c28-23-16-19(8-11-25(23)34-22-9-10-22)26(32)24(18-30-13-4-5-14-30)29-27(33)20-12-15-31(17-20)21-6-2-1-3-7-21;13-11(14)9-6-7-12(8-9)10-4-2-1-3-5-10/h1-3,6-8,11,16,20,22,24,26,32H,4-5,9-10,12-15,17-18H2,(H,29,33);1-5,9H,6-8H2,(H,13,14)/t20-,24-,26-;9-/m11/s1. The van der Waals surface area contributed by atoms with Crippen molar-refractivity contribution in [2.24, 2.45) is 11.8 Å². The zero-order valence-electron chi connectivity index (χ0n) is 27.4. The minimum absolute atomic E-state index is 0.0152. The highest BCUT2D eigenvalue weighted by Crippen LogP contribution is 2.34. The molecule has 48 heavy (non-hydrogen) atoms. The first-order chi connectivity index (χ1) is 23.3. The van der Waals surface area contributed by atoms with E-state index >= 15 is 0 Å². The topological polar surface area (TPSA) is 106 Å². The van der Waals surface area contributed by atoms with Gasteiger partial charge in [-0.1, -0.05) is 54.1 Å². The van der Waals surface area contributed by atoms with Crippen molar-refractivity contribution in [3.8, 4) is 5.75 Å². The lowest BCUT2D eigenvalue weighted by Gasteiger charge is -2.30. The highest BCUT2D eigenvalue weighted by molar-refractivity contribution is 6.32. The first-order valence-corrected chi connectivity index (χ1v) is 17.7. The molecule has 1 aliphatic carbocycles. The molecule has 3 saturated heterocycles. The number of likely N-dealkylation sites (tertiary alicyclic amines) is 1. The van der Waals surface area contributed by atoms with E-state index in [0.29, 0.717) is 36.0 Å². The fourth-order valence-corrected chi connectivity index (χ4v) is 7.08. The average molecular weight is 675 g/mol. The number of aliphatic hydroxyl groups is 1. The molecule has 10 heteroatoms. The van der Waals surface area contributed by atoms with Crippen molar-refractivity contribution in [3.05, 3.63) is 89.4 Å². The molecule has 0 unspecified atom stereocenters. The normalized spacial score (nSPS) is 22.1. The number of aliphatic carboxylic acids is 1. The van der Waals surface area contributed by atoms with Gasteiger partial charge in [-0.15, -0.1) is 0 Å². The lowest BCUT2D eigenvalue weighted by atomic mass is 10.00. The van der Waals surface area contributed by atoms with E-state index in [0.717, 1.165) is 76.1 Å². The van der Waals surface area contributed by atoms with Crippen LogP contribution in [0.25, 0.3) is 0 Å². The van der Waals surface area contributed by atoms with E-state index in [1.54, 1.807) is 6.07 Å². The van der Waals surface area contributed by atoms with Crippen molar-refractivity contribution in [1.82, 2.24) is 10.2 Å². The van der Waals surface area contributed by atoms with Crippen LogP contribution in [0.3, 0.4) is 0 Å². The second-order valence-corrected chi connectivity index (χ2v) is 13.9. The van der Waals surface area contributed by atoms with Crippen LogP contribution in [0.1, 0.15) is 50.2 Å². The molecule has 3 heterocycles. The number of nitrogens with one attached hydrogen (secondary N) is 1. The number of hydrogen-bond donors (Lipinski definition) is 3. The fraction of sp³-hybridized carbons (Fsp3) is 0.474. The Labute approximate surface area is 288 Å². The maximum atomic E-state index is 13.3. The molecule has 3 N–H and O–H groups in total. The summed E-state index contributed by atoms with van der Waals surface area (Å²) < 4.78 is 5.84. The van der Waals surface area contributed by atoms with Crippen LogP contribution in [0.2, 0.25) is 5.02 Å². The number of nitrogens with zero attached hydrogens (tertiary/aromatic N) is 3. The highest BCUT2D eigenvalue weighted by atomic mass is 35.5. The van der Waals surface area contributed by atoms with Crippen molar-refractivity contribution >= 4 is 34.9 Å². The summed E-state index contributed by atoms with van der Waals surface area (Å²) in [5.41, 5.74) is 2.97. The third-order valence-corrected chi connectivity index (χ3v) is 10.1. The Hall–Kier alpha value is -3.79. The van der Waals surface area contributed by atoms with Gasteiger partial charge in [-0.2, -0.15) is 0 Å². The van der Waals surface area contributed by atoms with Gasteiger partial charge in [0.05, 0.1) is 29.0 Å². The van der Waals surface area contributed by atoms with Crippen LogP contribution in [0.15, 0.2) is 78.9 Å². The molecule has 0 bridgehead atoms. The number of aliphatic hydroxyl groups excluding tert-OH is 1. The summed E-state index contributed by atoms with van der Waals surface area (Å²) in [6.07, 6.45) is 5.42. The number of benzene rings is 3. The molecule has 0 spiro atoms. The predicted molar refractivity (Wildman–Crippen MR) is 189 cm³/mol. The molecule has 9 nitrogen and oxygen atoms in total. The summed E-state index contributed by atoms with van der Waals surface area (Å²) in [7, 11) is 0. The van der Waals surface area contributed by atoms with E-state index in [-0.39, 0.29) is 23.8 Å². The molecule has 7 rings (SSSR count). The van der Waals surface area contributed by atoms with Gasteiger partial charge in [-0.05, 0) is 93.6 Å². The number of hydrogen-bond acceptors (Lipinski definition) is 7. The van der Waals surface area contributed by atoms with E-state index in [4.69, 9.17) is 21.4 Å². The maximum absolute atomic E-state index is 13.3. The summed E-state index contributed by atoms with van der Waals surface area (Å²) >= 11 is 6.46. The van der Waals surface area contributed by atoms with Crippen LogP contribution < -0.4 is 19.9 Å². The minimum atomic E-state index is -0.844. The number of amides is 1. The SMILES string of the molecule is O=C(N[C@H](CN1CCCC1)[C@H](O)c1ccc(OC2CC2)c(Cl)c1)[C@@H]1CCN(c2ccccc2)C1.O=C(O)[C@@H]1CCN(c2ccccc2)C1. The third kappa shape index (κ3) is 9.01. The van der Waals surface area contributed by atoms with E-state index in [9.17, 15) is 14.7 Å². The Kier molecular flexibility index (Phi) is 11.4. The van der Waals surface area contributed by atoms with Crippen LogP contribution in [0.4, 0.5) is 11.4 Å². The Morgan fingerprint density at radius 3 is 1.94 bits per heavy atom. The second kappa shape index (κ2) is 16.1. The van der Waals surface area contributed by atoms with E-state index < -0.39 is 18.1 Å². The van der Waals surface area contributed by atoms with E-state index in [2.05, 4.69) is 32.1 Å². The molecule has 0 radical (unpaired) electrons. The van der Waals surface area contributed by atoms with Crippen molar-refractivity contribution < 1.29 is 24.5 Å². The number of rotatable bonds is 11. The van der Waals surface area contributed by atoms with Gasteiger partial charge in [-0.25, -0.2) is 0 Å². The summed E-state index contributed by atoms with van der Waals surface area (Å²) in [6.45, 7) is 5.67. The van der Waals surface area contributed by atoms with E-state index in [1.807, 2.05) is 60.7 Å². The van der Waals surface area contributed by atoms with Crippen LogP contribution in [0.5, 0.6) is 5.75 Å². The molecule has 0 aromatic heterocycles. The molecular formula is C38H47ClN4O5. The second-order valence-electron chi connectivity index (χ2n) is 13.4. The fourth-order valence-electron chi connectivity index (χ4n) is 6.85. The number of para-hydroxylation sites is 2. The molecule has 3 aliphatic heterocycles. The largest absolute Gasteiger partial charge is 0.489 e. The monoisotopic (exact) mass is 674 g/mol. The van der Waals surface area contributed by atoms with E-state index in [1.165, 1.54) is 0 Å². The van der Waals surface area contributed by atoms with Gasteiger partial charge in [0.15, 0.2) is 0 Å². The van der Waals surface area contributed by atoms with Crippen LogP contribution in [0, 0.1) is 11.8 Å². The maximum Gasteiger partial charge on any atom is 0.308 e. The van der Waals surface area contributed by atoms with Crippen LogP contribution in [-0.4, -0.2) is 84.9 Å². The van der Waals surface area contributed by atoms with Gasteiger partial charge in [0, 0.05) is 44.1 Å². The zero-order chi connectivity index (χ0) is 33.5. The molecule has 1 amide bonds. The van der Waals surface area contributed by atoms with Gasteiger partial charge in [-0.3, -0.25) is 9.59 Å². The minimum Gasteiger partial charge on any atom is -0.489 e.